The van der Waals surface area contributed by atoms with Gasteiger partial charge in [0, 0.05) is 11.3 Å². The van der Waals surface area contributed by atoms with Gasteiger partial charge in [-0.2, -0.15) is 13.6 Å². The SMILES string of the molecule is Cc1ccc(-c2nnn(C(C)C(=O)Nc3ccc(OC(F)F)cc3)n2)cc1. The van der Waals surface area contributed by atoms with Gasteiger partial charge < -0.3 is 10.1 Å². The van der Waals surface area contributed by atoms with Crippen LogP contribution in [0, 0.1) is 6.92 Å². The van der Waals surface area contributed by atoms with E-state index >= 15 is 0 Å². The number of anilines is 1. The molecule has 0 bridgehead atoms. The van der Waals surface area contributed by atoms with Crippen LogP contribution in [0.1, 0.15) is 18.5 Å². The molecule has 7 nitrogen and oxygen atoms in total. The molecular weight excluding hydrogens is 356 g/mol. The summed E-state index contributed by atoms with van der Waals surface area (Å²) >= 11 is 0. The van der Waals surface area contributed by atoms with Crippen LogP contribution in [0.5, 0.6) is 5.75 Å². The van der Waals surface area contributed by atoms with Crippen molar-refractivity contribution in [1.29, 1.82) is 0 Å². The number of carbonyl (C=O) groups is 1. The van der Waals surface area contributed by atoms with Gasteiger partial charge in [-0.05, 0) is 43.3 Å². The van der Waals surface area contributed by atoms with Crippen LogP contribution in [-0.4, -0.2) is 32.7 Å². The number of aromatic nitrogens is 4. The van der Waals surface area contributed by atoms with E-state index < -0.39 is 12.7 Å². The minimum absolute atomic E-state index is 0.0109. The number of tetrazole rings is 1. The third kappa shape index (κ3) is 4.63. The number of ether oxygens (including phenoxy) is 1. The predicted molar refractivity (Wildman–Crippen MR) is 94.4 cm³/mol. The minimum Gasteiger partial charge on any atom is -0.435 e. The number of hydrogen-bond donors (Lipinski definition) is 1. The van der Waals surface area contributed by atoms with Crippen molar-refractivity contribution in [3.8, 4) is 17.1 Å². The number of alkyl halides is 2. The van der Waals surface area contributed by atoms with Gasteiger partial charge in [-0.15, -0.1) is 10.2 Å². The molecule has 9 heteroatoms. The van der Waals surface area contributed by atoms with Gasteiger partial charge in [0.1, 0.15) is 11.8 Å². The third-order valence-corrected chi connectivity index (χ3v) is 3.81. The lowest BCUT2D eigenvalue weighted by Crippen LogP contribution is -2.25. The van der Waals surface area contributed by atoms with Crippen molar-refractivity contribution in [2.45, 2.75) is 26.5 Å². The van der Waals surface area contributed by atoms with Crippen molar-refractivity contribution in [2.24, 2.45) is 0 Å². The standard InChI is InChI=1S/C18H17F2N5O2/c1-11-3-5-13(6-4-11)16-22-24-25(23-16)12(2)17(26)21-14-7-9-15(10-8-14)27-18(19)20/h3-10,12,18H,1-2H3,(H,21,26). The van der Waals surface area contributed by atoms with Gasteiger partial charge in [0.25, 0.3) is 5.91 Å². The Balaban J connectivity index is 1.66. The zero-order valence-electron chi connectivity index (χ0n) is 14.6. The van der Waals surface area contributed by atoms with Crippen LogP contribution in [0.25, 0.3) is 11.4 Å². The molecule has 0 spiro atoms. The zero-order chi connectivity index (χ0) is 19.4. The molecule has 3 rings (SSSR count). The Morgan fingerprint density at radius 2 is 1.78 bits per heavy atom. The first-order valence-electron chi connectivity index (χ1n) is 8.14. The molecule has 0 aliphatic heterocycles. The smallest absolute Gasteiger partial charge is 0.387 e. The predicted octanol–water partition coefficient (Wildman–Crippen LogP) is 3.45. The van der Waals surface area contributed by atoms with Gasteiger partial charge in [0.15, 0.2) is 0 Å². The Morgan fingerprint density at radius 1 is 1.11 bits per heavy atom. The summed E-state index contributed by atoms with van der Waals surface area (Å²) in [5, 5.41) is 14.8. The van der Waals surface area contributed by atoms with Crippen molar-refractivity contribution in [3.05, 3.63) is 54.1 Å². The van der Waals surface area contributed by atoms with Crippen molar-refractivity contribution in [1.82, 2.24) is 20.2 Å². The number of benzene rings is 2. The van der Waals surface area contributed by atoms with Crippen molar-refractivity contribution in [3.63, 3.8) is 0 Å². The van der Waals surface area contributed by atoms with E-state index in [-0.39, 0.29) is 11.7 Å². The molecule has 3 aromatic rings. The number of carbonyl (C=O) groups excluding carboxylic acids is 1. The van der Waals surface area contributed by atoms with E-state index in [1.807, 2.05) is 31.2 Å². The van der Waals surface area contributed by atoms with E-state index in [0.717, 1.165) is 11.1 Å². The fourth-order valence-electron chi connectivity index (χ4n) is 2.28. The average molecular weight is 373 g/mol. The van der Waals surface area contributed by atoms with Crippen LogP contribution in [0.15, 0.2) is 48.5 Å². The van der Waals surface area contributed by atoms with E-state index in [2.05, 4.69) is 25.5 Å². The van der Waals surface area contributed by atoms with Gasteiger partial charge in [-0.25, -0.2) is 0 Å². The van der Waals surface area contributed by atoms with E-state index in [4.69, 9.17) is 0 Å². The number of hydrogen-bond acceptors (Lipinski definition) is 5. The van der Waals surface area contributed by atoms with Crippen LogP contribution in [0.2, 0.25) is 0 Å². The quantitative estimate of drug-likeness (QED) is 0.716. The lowest BCUT2D eigenvalue weighted by Gasteiger charge is -2.11. The molecule has 0 aliphatic rings. The van der Waals surface area contributed by atoms with Gasteiger partial charge >= 0.3 is 6.61 Å². The molecule has 0 radical (unpaired) electrons. The largest absolute Gasteiger partial charge is 0.435 e. The highest BCUT2D eigenvalue weighted by atomic mass is 19.3. The number of rotatable bonds is 6. The van der Waals surface area contributed by atoms with Gasteiger partial charge in [-0.1, -0.05) is 29.8 Å². The second-order valence-corrected chi connectivity index (χ2v) is 5.87. The van der Waals surface area contributed by atoms with Crippen LogP contribution in [-0.2, 0) is 4.79 Å². The summed E-state index contributed by atoms with van der Waals surface area (Å²) < 4.78 is 28.6. The summed E-state index contributed by atoms with van der Waals surface area (Å²) in [6.07, 6.45) is 0. The van der Waals surface area contributed by atoms with Crippen LogP contribution in [0.3, 0.4) is 0 Å². The van der Waals surface area contributed by atoms with Crippen LogP contribution in [0.4, 0.5) is 14.5 Å². The highest BCUT2D eigenvalue weighted by Gasteiger charge is 2.19. The second-order valence-electron chi connectivity index (χ2n) is 5.87. The molecule has 27 heavy (non-hydrogen) atoms. The maximum Gasteiger partial charge on any atom is 0.387 e. The summed E-state index contributed by atoms with van der Waals surface area (Å²) in [6.45, 7) is 0.711. The van der Waals surface area contributed by atoms with Gasteiger partial charge in [0.05, 0.1) is 0 Å². The van der Waals surface area contributed by atoms with E-state index in [9.17, 15) is 13.6 Å². The van der Waals surface area contributed by atoms with Crippen molar-refractivity contribution < 1.29 is 18.3 Å². The first-order chi connectivity index (χ1) is 12.9. The fourth-order valence-corrected chi connectivity index (χ4v) is 2.28. The van der Waals surface area contributed by atoms with Gasteiger partial charge in [-0.3, -0.25) is 4.79 Å². The number of amides is 1. The molecule has 0 saturated heterocycles. The van der Waals surface area contributed by atoms with Crippen LogP contribution >= 0.6 is 0 Å². The van der Waals surface area contributed by atoms with E-state index in [1.165, 1.54) is 29.1 Å². The molecule has 1 heterocycles. The lowest BCUT2D eigenvalue weighted by atomic mass is 10.1. The highest BCUT2D eigenvalue weighted by Crippen LogP contribution is 2.19. The normalized spacial score (nSPS) is 12.0. The summed E-state index contributed by atoms with van der Waals surface area (Å²) in [6, 6.07) is 12.5. The molecular formula is C18H17F2N5O2. The summed E-state index contributed by atoms with van der Waals surface area (Å²) in [4.78, 5) is 13.6. The Hall–Kier alpha value is -3.36. The number of nitrogens with zero attached hydrogens (tertiary/aromatic N) is 4. The van der Waals surface area contributed by atoms with E-state index in [0.29, 0.717) is 11.5 Å². The third-order valence-electron chi connectivity index (χ3n) is 3.81. The molecule has 2 aromatic carbocycles. The summed E-state index contributed by atoms with van der Waals surface area (Å²) in [5.74, 6) is 0.0604. The molecule has 1 amide bonds. The Kier molecular flexibility index (Phi) is 5.39. The Bertz CT molecular complexity index is 910. The molecule has 1 unspecified atom stereocenters. The van der Waals surface area contributed by atoms with Gasteiger partial charge in [0.2, 0.25) is 5.82 Å². The molecule has 0 aliphatic carbocycles. The maximum absolute atomic E-state index is 12.4. The monoisotopic (exact) mass is 373 g/mol. The summed E-state index contributed by atoms with van der Waals surface area (Å²) in [7, 11) is 0. The average Bonchev–Trinajstić information content (AvgIpc) is 3.13. The highest BCUT2D eigenvalue weighted by molar-refractivity contribution is 5.93. The Morgan fingerprint density at radius 3 is 2.41 bits per heavy atom. The first-order valence-corrected chi connectivity index (χ1v) is 8.14. The van der Waals surface area contributed by atoms with Crippen LogP contribution < -0.4 is 10.1 Å². The maximum atomic E-state index is 12.4. The van der Waals surface area contributed by atoms with Crippen molar-refractivity contribution in [2.75, 3.05) is 5.32 Å². The topological polar surface area (TPSA) is 81.9 Å². The lowest BCUT2D eigenvalue weighted by molar-refractivity contribution is -0.119. The zero-order valence-corrected chi connectivity index (χ0v) is 14.6. The Labute approximate surface area is 154 Å². The molecule has 1 atom stereocenters. The second kappa shape index (κ2) is 7.90. The molecule has 1 N–H and O–H groups in total. The fraction of sp³-hybridized carbons (Fsp3) is 0.222. The molecule has 1 aromatic heterocycles. The molecule has 0 saturated carbocycles. The molecule has 0 fully saturated rings. The molecule has 140 valence electrons. The minimum atomic E-state index is -2.90. The number of nitrogens with one attached hydrogen (secondary N) is 1. The number of halogens is 2. The van der Waals surface area contributed by atoms with E-state index in [1.54, 1.807) is 6.92 Å². The first kappa shape index (κ1) is 18.4. The number of aryl methyl sites for hydroxylation is 1. The van der Waals surface area contributed by atoms with Crippen molar-refractivity contribution >= 4 is 11.6 Å². The summed E-state index contributed by atoms with van der Waals surface area (Å²) in [5.41, 5.74) is 2.35.